The van der Waals surface area contributed by atoms with Gasteiger partial charge in [0, 0.05) is 30.8 Å². The lowest BCUT2D eigenvalue weighted by atomic mass is 10.0. The van der Waals surface area contributed by atoms with Gasteiger partial charge in [-0.2, -0.15) is 5.10 Å². The Bertz CT molecular complexity index is 1120. The van der Waals surface area contributed by atoms with E-state index in [0.29, 0.717) is 11.4 Å². The molecule has 1 atom stereocenters. The zero-order valence-electron chi connectivity index (χ0n) is 18.4. The van der Waals surface area contributed by atoms with Crippen LogP contribution in [0.5, 0.6) is 17.2 Å². The minimum Gasteiger partial charge on any atom is -0.497 e. The summed E-state index contributed by atoms with van der Waals surface area (Å²) in [6.07, 6.45) is 2.15. The van der Waals surface area contributed by atoms with E-state index in [1.165, 1.54) is 0 Å². The molecule has 0 saturated carbocycles. The average molecular weight is 441 g/mol. The van der Waals surface area contributed by atoms with E-state index in [9.17, 15) is 0 Å². The minimum atomic E-state index is 0.217. The van der Waals surface area contributed by atoms with Crippen LogP contribution in [0.4, 0.5) is 0 Å². The van der Waals surface area contributed by atoms with Crippen molar-refractivity contribution in [3.05, 3.63) is 52.8 Å². The van der Waals surface area contributed by atoms with Gasteiger partial charge in [0.2, 0.25) is 0 Å². The molecule has 1 aliphatic rings. The lowest BCUT2D eigenvalue weighted by Crippen LogP contribution is -2.27. The third-order valence-corrected chi connectivity index (χ3v) is 6.33. The van der Waals surface area contributed by atoms with Crippen molar-refractivity contribution in [2.45, 2.75) is 25.6 Å². The summed E-state index contributed by atoms with van der Waals surface area (Å²) >= 11 is 5.71. The van der Waals surface area contributed by atoms with Crippen molar-refractivity contribution < 1.29 is 14.2 Å². The van der Waals surface area contributed by atoms with Crippen molar-refractivity contribution >= 4 is 12.2 Å². The number of ether oxygens (including phenoxy) is 3. The zero-order chi connectivity index (χ0) is 22.0. The molecule has 1 aliphatic heterocycles. The van der Waals surface area contributed by atoms with Crippen LogP contribution in [0.25, 0.3) is 11.4 Å². The fourth-order valence-electron chi connectivity index (χ4n) is 4.21. The van der Waals surface area contributed by atoms with Gasteiger partial charge in [-0.3, -0.25) is 4.90 Å². The van der Waals surface area contributed by atoms with Crippen LogP contribution in [0, 0.1) is 4.77 Å². The molecule has 0 aliphatic carbocycles. The highest BCUT2D eigenvalue weighted by Gasteiger charge is 2.29. The number of likely N-dealkylation sites (tertiary alicyclic amines) is 1. The summed E-state index contributed by atoms with van der Waals surface area (Å²) in [4.78, 5) is 2.40. The lowest BCUT2D eigenvalue weighted by Gasteiger charge is -2.26. The fraction of sp³-hybridized carbons (Fsp3) is 0.391. The second-order valence-electron chi connectivity index (χ2n) is 7.62. The quantitative estimate of drug-likeness (QED) is 0.507. The first-order valence-corrected chi connectivity index (χ1v) is 10.7. The Hall–Kier alpha value is -2.84. The van der Waals surface area contributed by atoms with Crippen molar-refractivity contribution in [2.75, 3.05) is 27.9 Å². The van der Waals surface area contributed by atoms with E-state index >= 15 is 0 Å². The Morgan fingerprint density at radius 3 is 2.55 bits per heavy atom. The van der Waals surface area contributed by atoms with Crippen LogP contribution in [-0.4, -0.2) is 47.1 Å². The molecule has 164 valence electrons. The first-order valence-electron chi connectivity index (χ1n) is 10.3. The van der Waals surface area contributed by atoms with Gasteiger partial charge in [0.15, 0.2) is 10.6 Å². The molecular formula is C23H28N4O3S. The fourth-order valence-corrected chi connectivity index (χ4v) is 4.40. The molecule has 1 saturated heterocycles. The summed E-state index contributed by atoms with van der Waals surface area (Å²) in [6.45, 7) is 1.58. The van der Waals surface area contributed by atoms with Gasteiger partial charge < -0.3 is 18.8 Å². The SMILES string of the molecule is COc1cccc(-c2nn(CN3CCCC3c3cc(OC)ccc3OC)c(=S)n2C)c1. The minimum absolute atomic E-state index is 0.217. The van der Waals surface area contributed by atoms with Gasteiger partial charge in [0.1, 0.15) is 17.2 Å². The predicted molar refractivity (Wildman–Crippen MR) is 122 cm³/mol. The van der Waals surface area contributed by atoms with Crippen LogP contribution in [0.2, 0.25) is 0 Å². The first kappa shape index (κ1) is 21.4. The Labute approximate surface area is 187 Å². The molecule has 2 aromatic carbocycles. The maximum atomic E-state index is 5.71. The topological polar surface area (TPSA) is 53.7 Å². The van der Waals surface area contributed by atoms with E-state index in [0.717, 1.165) is 53.6 Å². The molecule has 2 heterocycles. The van der Waals surface area contributed by atoms with Crippen LogP contribution < -0.4 is 14.2 Å². The Balaban J connectivity index is 1.64. The van der Waals surface area contributed by atoms with Gasteiger partial charge in [-0.25, -0.2) is 4.68 Å². The van der Waals surface area contributed by atoms with Crippen molar-refractivity contribution in [3.8, 4) is 28.6 Å². The maximum Gasteiger partial charge on any atom is 0.199 e. The lowest BCUT2D eigenvalue weighted by molar-refractivity contribution is 0.186. The molecule has 1 fully saturated rings. The molecule has 0 bridgehead atoms. The molecule has 0 radical (unpaired) electrons. The Kier molecular flexibility index (Phi) is 6.29. The number of aromatic nitrogens is 3. The predicted octanol–water partition coefficient (Wildman–Crippen LogP) is 4.44. The zero-order valence-corrected chi connectivity index (χ0v) is 19.2. The molecule has 1 unspecified atom stereocenters. The largest absolute Gasteiger partial charge is 0.497 e. The summed E-state index contributed by atoms with van der Waals surface area (Å²) in [5.74, 6) is 3.32. The molecule has 1 aromatic heterocycles. The summed E-state index contributed by atoms with van der Waals surface area (Å²) in [5, 5.41) is 4.85. The normalized spacial score (nSPS) is 16.5. The van der Waals surface area contributed by atoms with E-state index in [2.05, 4.69) is 11.0 Å². The van der Waals surface area contributed by atoms with Crippen molar-refractivity contribution in [1.82, 2.24) is 19.2 Å². The van der Waals surface area contributed by atoms with Gasteiger partial charge in [-0.15, -0.1) is 0 Å². The van der Waals surface area contributed by atoms with Crippen molar-refractivity contribution in [2.24, 2.45) is 7.05 Å². The molecule has 0 spiro atoms. The molecule has 0 N–H and O–H groups in total. The second-order valence-corrected chi connectivity index (χ2v) is 7.98. The molecule has 8 heteroatoms. The maximum absolute atomic E-state index is 5.71. The highest BCUT2D eigenvalue weighted by molar-refractivity contribution is 7.71. The van der Waals surface area contributed by atoms with Gasteiger partial charge in [-0.1, -0.05) is 12.1 Å². The summed E-state index contributed by atoms with van der Waals surface area (Å²) in [5.41, 5.74) is 2.11. The number of benzene rings is 2. The number of methoxy groups -OCH3 is 3. The molecule has 4 rings (SSSR count). The van der Waals surface area contributed by atoms with Crippen LogP contribution >= 0.6 is 12.2 Å². The Morgan fingerprint density at radius 1 is 1.03 bits per heavy atom. The second kappa shape index (κ2) is 9.11. The van der Waals surface area contributed by atoms with Crippen LogP contribution in [0.3, 0.4) is 0 Å². The van der Waals surface area contributed by atoms with Crippen LogP contribution in [-0.2, 0) is 13.7 Å². The van der Waals surface area contributed by atoms with E-state index in [-0.39, 0.29) is 6.04 Å². The summed E-state index contributed by atoms with van der Waals surface area (Å²) in [6, 6.07) is 14.1. The van der Waals surface area contributed by atoms with Gasteiger partial charge in [0.25, 0.3) is 0 Å². The van der Waals surface area contributed by atoms with Crippen LogP contribution in [0.15, 0.2) is 42.5 Å². The molecule has 7 nitrogen and oxygen atoms in total. The summed E-state index contributed by atoms with van der Waals surface area (Å²) in [7, 11) is 7.01. The van der Waals surface area contributed by atoms with E-state index in [1.807, 2.05) is 52.7 Å². The molecule has 31 heavy (non-hydrogen) atoms. The van der Waals surface area contributed by atoms with Crippen LogP contribution in [0.1, 0.15) is 24.4 Å². The molecular weight excluding hydrogens is 412 g/mol. The molecule has 3 aromatic rings. The van der Waals surface area contributed by atoms with Crippen molar-refractivity contribution in [1.29, 1.82) is 0 Å². The number of nitrogens with zero attached hydrogens (tertiary/aromatic N) is 4. The monoisotopic (exact) mass is 440 g/mol. The van der Waals surface area contributed by atoms with E-state index in [4.69, 9.17) is 31.5 Å². The van der Waals surface area contributed by atoms with Gasteiger partial charge in [0.05, 0.1) is 28.0 Å². The van der Waals surface area contributed by atoms with Crippen molar-refractivity contribution in [3.63, 3.8) is 0 Å². The third-order valence-electron chi connectivity index (χ3n) is 5.84. The Morgan fingerprint density at radius 2 is 1.81 bits per heavy atom. The smallest absolute Gasteiger partial charge is 0.199 e. The average Bonchev–Trinajstić information content (AvgIpc) is 3.38. The van der Waals surface area contributed by atoms with Gasteiger partial charge in [-0.05, 0) is 55.4 Å². The highest BCUT2D eigenvalue weighted by atomic mass is 32.1. The highest BCUT2D eigenvalue weighted by Crippen LogP contribution is 2.39. The number of hydrogen-bond donors (Lipinski definition) is 0. The first-order chi connectivity index (χ1) is 15.0. The molecule has 0 amide bonds. The number of hydrogen-bond acceptors (Lipinski definition) is 6. The van der Waals surface area contributed by atoms with Gasteiger partial charge >= 0.3 is 0 Å². The number of rotatable bonds is 7. The van der Waals surface area contributed by atoms with E-state index < -0.39 is 0 Å². The standard InChI is InChI=1S/C23H28N4O3S/c1-25-22(16-7-5-8-17(13-16)28-2)24-27(23(25)31)15-26-12-6-9-20(26)19-14-18(29-3)10-11-21(19)30-4/h5,7-8,10-11,13-14,20H,6,9,12,15H2,1-4H3. The third kappa shape index (κ3) is 4.18. The summed E-state index contributed by atoms with van der Waals surface area (Å²) < 4.78 is 21.0. The van der Waals surface area contributed by atoms with E-state index in [1.54, 1.807) is 21.3 Å².